The van der Waals surface area contributed by atoms with Gasteiger partial charge in [-0.3, -0.25) is 14.9 Å². The highest BCUT2D eigenvalue weighted by Crippen LogP contribution is 2.39. The Balaban J connectivity index is 2.63. The molecule has 0 atom stereocenters. The summed E-state index contributed by atoms with van der Waals surface area (Å²) in [7, 11) is 0. The molecule has 0 unspecified atom stereocenters. The molecule has 1 aromatic heterocycles. The number of hydrogen-bond donors (Lipinski definition) is 0. The molecule has 104 valence electrons. The van der Waals surface area contributed by atoms with Crippen LogP contribution in [0.4, 0.5) is 18.9 Å². The van der Waals surface area contributed by atoms with Crippen LogP contribution in [0.3, 0.4) is 0 Å². The lowest BCUT2D eigenvalue weighted by atomic mass is 10.0. The summed E-state index contributed by atoms with van der Waals surface area (Å²) in [6.45, 7) is 0. The van der Waals surface area contributed by atoms with Crippen LogP contribution in [0.25, 0.3) is 11.3 Å². The van der Waals surface area contributed by atoms with E-state index in [2.05, 4.69) is 0 Å². The minimum atomic E-state index is -4.78. The highest BCUT2D eigenvalue weighted by atomic mass is 19.4. The highest BCUT2D eigenvalue weighted by molar-refractivity contribution is 5.74. The van der Waals surface area contributed by atoms with Crippen LogP contribution in [0.15, 0.2) is 34.7 Å². The lowest BCUT2D eigenvalue weighted by Gasteiger charge is -2.10. The van der Waals surface area contributed by atoms with Crippen molar-refractivity contribution < 1.29 is 27.3 Å². The van der Waals surface area contributed by atoms with Gasteiger partial charge in [-0.2, -0.15) is 13.2 Å². The minimum Gasteiger partial charge on any atom is -0.453 e. The molecule has 8 heteroatoms. The van der Waals surface area contributed by atoms with Crippen molar-refractivity contribution in [2.24, 2.45) is 0 Å². The van der Waals surface area contributed by atoms with Gasteiger partial charge in [-0.15, -0.1) is 0 Å². The molecule has 0 N–H and O–H groups in total. The van der Waals surface area contributed by atoms with Crippen molar-refractivity contribution >= 4 is 12.0 Å². The summed E-state index contributed by atoms with van der Waals surface area (Å²) in [4.78, 5) is 20.1. The van der Waals surface area contributed by atoms with Gasteiger partial charge in [0.1, 0.15) is 5.76 Å². The number of hydrogen-bond acceptors (Lipinski definition) is 4. The fourth-order valence-electron chi connectivity index (χ4n) is 1.66. The molecule has 0 fully saturated rings. The Hall–Kier alpha value is -2.64. The van der Waals surface area contributed by atoms with E-state index in [0.717, 1.165) is 12.1 Å². The smallest absolute Gasteiger partial charge is 0.417 e. The Morgan fingerprint density at radius 1 is 1.20 bits per heavy atom. The van der Waals surface area contributed by atoms with Crippen LogP contribution in [0.5, 0.6) is 0 Å². The molecule has 0 aliphatic carbocycles. The van der Waals surface area contributed by atoms with E-state index in [1.165, 1.54) is 12.1 Å². The number of nitro benzene ring substituents is 1. The summed E-state index contributed by atoms with van der Waals surface area (Å²) < 4.78 is 43.7. The van der Waals surface area contributed by atoms with Crippen LogP contribution in [0.1, 0.15) is 16.1 Å². The first-order valence-corrected chi connectivity index (χ1v) is 5.24. The molecular formula is C12H6F3NO4. The fourth-order valence-corrected chi connectivity index (χ4v) is 1.66. The van der Waals surface area contributed by atoms with Gasteiger partial charge in [-0.1, -0.05) is 0 Å². The second-order valence-corrected chi connectivity index (χ2v) is 3.80. The molecule has 0 aliphatic heterocycles. The van der Waals surface area contributed by atoms with Crippen LogP contribution in [-0.4, -0.2) is 11.2 Å². The average Bonchev–Trinajstić information content (AvgIpc) is 2.85. The number of non-ortho nitro benzene ring substituents is 1. The Bertz CT molecular complexity index is 676. The van der Waals surface area contributed by atoms with E-state index >= 15 is 0 Å². The number of carbonyl (C=O) groups is 1. The molecule has 0 bridgehead atoms. The topological polar surface area (TPSA) is 73.3 Å². The van der Waals surface area contributed by atoms with Crippen LogP contribution >= 0.6 is 0 Å². The molecule has 0 aliphatic rings. The van der Waals surface area contributed by atoms with Crippen molar-refractivity contribution in [1.29, 1.82) is 0 Å². The van der Waals surface area contributed by atoms with E-state index in [0.29, 0.717) is 12.4 Å². The molecular weight excluding hydrogens is 279 g/mol. The zero-order chi connectivity index (χ0) is 14.9. The maximum absolute atomic E-state index is 12.9. The van der Waals surface area contributed by atoms with Gasteiger partial charge in [0.2, 0.25) is 0 Å². The van der Waals surface area contributed by atoms with E-state index in [-0.39, 0.29) is 17.1 Å². The van der Waals surface area contributed by atoms with Crippen molar-refractivity contribution in [1.82, 2.24) is 0 Å². The number of furan rings is 1. The first kappa shape index (κ1) is 13.8. The number of benzene rings is 1. The van der Waals surface area contributed by atoms with E-state index in [4.69, 9.17) is 4.42 Å². The Labute approximate surface area is 109 Å². The Kier molecular flexibility index (Phi) is 3.31. The number of nitro groups is 1. The lowest BCUT2D eigenvalue weighted by molar-refractivity contribution is -0.385. The van der Waals surface area contributed by atoms with Gasteiger partial charge in [-0.05, 0) is 18.2 Å². The SMILES string of the molecule is O=Cc1ccc(-c2ccc([N+](=O)[O-])cc2C(F)(F)F)o1. The molecule has 0 saturated heterocycles. The zero-order valence-corrected chi connectivity index (χ0v) is 9.68. The second kappa shape index (κ2) is 4.80. The summed E-state index contributed by atoms with van der Waals surface area (Å²) in [5.41, 5.74) is -2.24. The van der Waals surface area contributed by atoms with Gasteiger partial charge in [0.05, 0.1) is 10.5 Å². The third-order valence-electron chi connectivity index (χ3n) is 2.53. The van der Waals surface area contributed by atoms with Crippen molar-refractivity contribution in [2.75, 3.05) is 0 Å². The third kappa shape index (κ3) is 2.53. The largest absolute Gasteiger partial charge is 0.453 e. The van der Waals surface area contributed by atoms with Gasteiger partial charge in [0, 0.05) is 17.7 Å². The summed E-state index contributed by atoms with van der Waals surface area (Å²) in [5.74, 6) is -0.319. The fraction of sp³-hybridized carbons (Fsp3) is 0.0833. The van der Waals surface area contributed by atoms with E-state index < -0.39 is 22.4 Å². The molecule has 5 nitrogen and oxygen atoms in total. The van der Waals surface area contributed by atoms with E-state index in [1.807, 2.05) is 0 Å². The lowest BCUT2D eigenvalue weighted by Crippen LogP contribution is -2.07. The minimum absolute atomic E-state index is 0.133. The maximum atomic E-state index is 12.9. The average molecular weight is 285 g/mol. The number of aldehydes is 1. The molecule has 1 heterocycles. The number of rotatable bonds is 3. The van der Waals surface area contributed by atoms with Crippen molar-refractivity contribution in [3.8, 4) is 11.3 Å². The highest BCUT2D eigenvalue weighted by Gasteiger charge is 2.36. The summed E-state index contributed by atoms with van der Waals surface area (Å²) in [5, 5.41) is 10.5. The van der Waals surface area contributed by atoms with Crippen molar-refractivity contribution in [2.45, 2.75) is 6.18 Å². The molecule has 0 spiro atoms. The standard InChI is InChI=1S/C12H6F3NO4/c13-12(14,15)10-5-7(16(18)19)1-3-9(10)11-4-2-8(6-17)20-11/h1-6H. The third-order valence-corrected chi connectivity index (χ3v) is 2.53. The van der Waals surface area contributed by atoms with E-state index in [1.54, 1.807) is 0 Å². The van der Waals surface area contributed by atoms with Crippen molar-refractivity contribution in [3.05, 3.63) is 51.8 Å². The molecule has 0 amide bonds. The predicted octanol–water partition coefficient (Wildman–Crippen LogP) is 3.69. The van der Waals surface area contributed by atoms with Crippen molar-refractivity contribution in [3.63, 3.8) is 0 Å². The quantitative estimate of drug-likeness (QED) is 0.489. The second-order valence-electron chi connectivity index (χ2n) is 3.80. The molecule has 2 rings (SSSR count). The number of carbonyl (C=O) groups excluding carboxylic acids is 1. The van der Waals surface area contributed by atoms with Crippen LogP contribution in [0.2, 0.25) is 0 Å². The zero-order valence-electron chi connectivity index (χ0n) is 9.68. The molecule has 1 aromatic carbocycles. The number of nitrogens with zero attached hydrogens (tertiary/aromatic N) is 1. The monoisotopic (exact) mass is 285 g/mol. The summed E-state index contributed by atoms with van der Waals surface area (Å²) in [6.07, 6.45) is -4.43. The first-order chi connectivity index (χ1) is 9.32. The van der Waals surface area contributed by atoms with Crippen LogP contribution in [-0.2, 0) is 6.18 Å². The van der Waals surface area contributed by atoms with E-state index in [9.17, 15) is 28.1 Å². The Morgan fingerprint density at radius 2 is 1.90 bits per heavy atom. The van der Waals surface area contributed by atoms with Crippen LogP contribution in [0, 0.1) is 10.1 Å². The Morgan fingerprint density at radius 3 is 2.40 bits per heavy atom. The van der Waals surface area contributed by atoms with Gasteiger partial charge in [0.25, 0.3) is 5.69 Å². The molecule has 20 heavy (non-hydrogen) atoms. The molecule has 2 aromatic rings. The van der Waals surface area contributed by atoms with Gasteiger partial charge in [-0.25, -0.2) is 0 Å². The number of alkyl halides is 3. The maximum Gasteiger partial charge on any atom is 0.417 e. The van der Waals surface area contributed by atoms with Crippen LogP contribution < -0.4 is 0 Å². The van der Waals surface area contributed by atoms with Gasteiger partial charge >= 0.3 is 6.18 Å². The normalized spacial score (nSPS) is 11.3. The molecule has 0 saturated carbocycles. The summed E-state index contributed by atoms with van der Waals surface area (Å²) >= 11 is 0. The van der Waals surface area contributed by atoms with Gasteiger partial charge < -0.3 is 4.42 Å². The van der Waals surface area contributed by atoms with Gasteiger partial charge in [0.15, 0.2) is 12.0 Å². The predicted molar refractivity (Wildman–Crippen MR) is 61.2 cm³/mol. The molecule has 0 radical (unpaired) electrons. The first-order valence-electron chi connectivity index (χ1n) is 5.24. The number of halogens is 3. The summed E-state index contributed by atoms with van der Waals surface area (Å²) in [6, 6.07) is 4.71.